The van der Waals surface area contributed by atoms with E-state index >= 15 is 0 Å². The molecule has 0 aliphatic rings. The highest BCUT2D eigenvalue weighted by atomic mass is 19.4. The molecule has 0 atom stereocenters. The molecule has 0 bridgehead atoms. The summed E-state index contributed by atoms with van der Waals surface area (Å²) in [7, 11) is 1.77. The minimum atomic E-state index is -4.51. The minimum Gasteiger partial charge on any atom is -0.350 e. The van der Waals surface area contributed by atoms with Crippen LogP contribution in [0.2, 0.25) is 0 Å². The van der Waals surface area contributed by atoms with E-state index in [1.54, 1.807) is 17.9 Å². The van der Waals surface area contributed by atoms with Crippen molar-refractivity contribution in [2.24, 2.45) is 7.05 Å². The molecular formula is C13H16F3N5O. The molecule has 0 aliphatic heterocycles. The van der Waals surface area contributed by atoms with Gasteiger partial charge in [-0.25, -0.2) is 0 Å². The van der Waals surface area contributed by atoms with Gasteiger partial charge >= 0.3 is 6.18 Å². The highest BCUT2D eigenvalue weighted by molar-refractivity contribution is 5.75. The van der Waals surface area contributed by atoms with Crippen LogP contribution in [-0.2, 0) is 31.1 Å². The van der Waals surface area contributed by atoms with Crippen molar-refractivity contribution in [3.8, 4) is 0 Å². The fourth-order valence-electron chi connectivity index (χ4n) is 2.02. The van der Waals surface area contributed by atoms with Gasteiger partial charge in [0.25, 0.3) is 0 Å². The second kappa shape index (κ2) is 5.82. The summed E-state index contributed by atoms with van der Waals surface area (Å²) >= 11 is 0. The molecule has 22 heavy (non-hydrogen) atoms. The number of halogens is 3. The van der Waals surface area contributed by atoms with E-state index in [1.807, 2.05) is 6.92 Å². The SMILES string of the molecule is Cc1nn(C)cc1CNC(=O)Cn1nc(C(F)(F)F)cc1C. The standard InChI is InChI=1S/C13H16F3N5O/c1-8-4-11(13(14,15)16)19-21(8)7-12(22)17-5-10-6-20(3)18-9(10)2/h4,6H,5,7H2,1-3H3,(H,17,22). The molecule has 6 nitrogen and oxygen atoms in total. The van der Waals surface area contributed by atoms with Crippen LogP contribution in [0.1, 0.15) is 22.6 Å². The van der Waals surface area contributed by atoms with E-state index in [2.05, 4.69) is 15.5 Å². The van der Waals surface area contributed by atoms with E-state index in [4.69, 9.17) is 0 Å². The summed E-state index contributed by atoms with van der Waals surface area (Å²) < 4.78 is 40.3. The Labute approximate surface area is 124 Å². The van der Waals surface area contributed by atoms with Gasteiger partial charge in [-0.1, -0.05) is 0 Å². The Kier molecular flexibility index (Phi) is 4.25. The zero-order chi connectivity index (χ0) is 16.5. The number of aromatic nitrogens is 4. The van der Waals surface area contributed by atoms with Crippen molar-refractivity contribution in [2.45, 2.75) is 33.1 Å². The molecule has 120 valence electrons. The van der Waals surface area contributed by atoms with Gasteiger partial charge in [-0.05, 0) is 19.9 Å². The van der Waals surface area contributed by atoms with Gasteiger partial charge in [0.2, 0.25) is 5.91 Å². The first-order valence-corrected chi connectivity index (χ1v) is 6.54. The van der Waals surface area contributed by atoms with Gasteiger partial charge in [0.1, 0.15) is 6.54 Å². The molecule has 2 heterocycles. The number of nitrogens with one attached hydrogen (secondary N) is 1. The van der Waals surface area contributed by atoms with E-state index in [9.17, 15) is 18.0 Å². The average Bonchev–Trinajstić information content (AvgIpc) is 2.90. The highest BCUT2D eigenvalue weighted by Gasteiger charge is 2.34. The van der Waals surface area contributed by atoms with Gasteiger partial charge in [-0.2, -0.15) is 23.4 Å². The third-order valence-corrected chi connectivity index (χ3v) is 3.16. The number of hydrogen-bond donors (Lipinski definition) is 1. The lowest BCUT2D eigenvalue weighted by atomic mass is 10.2. The van der Waals surface area contributed by atoms with E-state index in [0.29, 0.717) is 0 Å². The van der Waals surface area contributed by atoms with Gasteiger partial charge in [0, 0.05) is 31.0 Å². The lowest BCUT2D eigenvalue weighted by Gasteiger charge is -2.06. The van der Waals surface area contributed by atoms with E-state index in [1.165, 1.54) is 6.92 Å². The van der Waals surface area contributed by atoms with Crippen LogP contribution < -0.4 is 5.32 Å². The van der Waals surface area contributed by atoms with Crippen molar-refractivity contribution >= 4 is 5.91 Å². The van der Waals surface area contributed by atoms with E-state index < -0.39 is 17.8 Å². The summed E-state index contributed by atoms with van der Waals surface area (Å²) in [6.07, 6.45) is -2.74. The first kappa shape index (κ1) is 16.1. The quantitative estimate of drug-likeness (QED) is 0.931. The van der Waals surface area contributed by atoms with Gasteiger partial charge in [0.05, 0.1) is 5.69 Å². The third kappa shape index (κ3) is 3.66. The number of amides is 1. The maximum Gasteiger partial charge on any atom is 0.435 e. The van der Waals surface area contributed by atoms with Crippen LogP contribution in [0.15, 0.2) is 12.3 Å². The molecule has 0 saturated heterocycles. The van der Waals surface area contributed by atoms with Crippen LogP contribution in [0.4, 0.5) is 13.2 Å². The number of aryl methyl sites for hydroxylation is 3. The molecule has 2 aromatic heterocycles. The molecule has 0 spiro atoms. The summed E-state index contributed by atoms with van der Waals surface area (Å²) in [5.74, 6) is -0.414. The minimum absolute atomic E-state index is 0.263. The lowest BCUT2D eigenvalue weighted by Crippen LogP contribution is -2.28. The number of carbonyl (C=O) groups excluding carboxylic acids is 1. The number of rotatable bonds is 4. The predicted octanol–water partition coefficient (Wildman–Crippen LogP) is 1.57. The fraction of sp³-hybridized carbons (Fsp3) is 0.462. The van der Waals surface area contributed by atoms with E-state index in [0.717, 1.165) is 22.0 Å². The normalized spacial score (nSPS) is 11.7. The van der Waals surface area contributed by atoms with Gasteiger partial charge < -0.3 is 5.32 Å². The Morgan fingerprint density at radius 1 is 1.32 bits per heavy atom. The maximum absolute atomic E-state index is 12.5. The Morgan fingerprint density at radius 2 is 2.00 bits per heavy atom. The molecule has 2 rings (SSSR count). The third-order valence-electron chi connectivity index (χ3n) is 3.16. The van der Waals surface area contributed by atoms with Gasteiger partial charge in [0.15, 0.2) is 5.69 Å². The van der Waals surface area contributed by atoms with Crippen molar-refractivity contribution in [1.29, 1.82) is 0 Å². The topological polar surface area (TPSA) is 64.7 Å². The predicted molar refractivity (Wildman–Crippen MR) is 71.8 cm³/mol. The van der Waals surface area contributed by atoms with E-state index in [-0.39, 0.29) is 18.8 Å². The molecule has 0 aliphatic carbocycles. The maximum atomic E-state index is 12.5. The van der Waals surface area contributed by atoms with Crippen molar-refractivity contribution < 1.29 is 18.0 Å². The molecule has 0 radical (unpaired) electrons. The fourth-order valence-corrected chi connectivity index (χ4v) is 2.02. The summed E-state index contributed by atoms with van der Waals surface area (Å²) in [5.41, 5.74) is 0.919. The van der Waals surface area contributed by atoms with Crippen molar-refractivity contribution in [3.05, 3.63) is 34.9 Å². The number of carbonyl (C=O) groups is 1. The first-order valence-electron chi connectivity index (χ1n) is 6.54. The zero-order valence-electron chi connectivity index (χ0n) is 12.4. The molecule has 0 saturated carbocycles. The van der Waals surface area contributed by atoms with Crippen LogP contribution in [0, 0.1) is 13.8 Å². The molecule has 1 amide bonds. The van der Waals surface area contributed by atoms with Crippen LogP contribution in [-0.4, -0.2) is 25.5 Å². The summed E-state index contributed by atoms with van der Waals surface area (Å²) in [6.45, 7) is 3.29. The molecule has 0 aromatic carbocycles. The molecule has 2 aromatic rings. The molecule has 0 unspecified atom stereocenters. The van der Waals surface area contributed by atoms with Gasteiger partial charge in [-0.15, -0.1) is 0 Å². The van der Waals surface area contributed by atoms with Crippen molar-refractivity contribution in [2.75, 3.05) is 0 Å². The molecule has 0 fully saturated rings. The first-order chi connectivity index (χ1) is 10.2. The zero-order valence-corrected chi connectivity index (χ0v) is 12.4. The Bertz CT molecular complexity index is 686. The summed E-state index contributed by atoms with van der Waals surface area (Å²) in [5, 5.41) is 10.2. The lowest BCUT2D eigenvalue weighted by molar-refractivity contribution is -0.141. The Hall–Kier alpha value is -2.32. The Morgan fingerprint density at radius 3 is 2.50 bits per heavy atom. The second-order valence-corrected chi connectivity index (χ2v) is 5.02. The Balaban J connectivity index is 1.98. The highest BCUT2D eigenvalue weighted by Crippen LogP contribution is 2.28. The summed E-state index contributed by atoms with van der Waals surface area (Å²) in [6, 6.07) is 0.915. The number of hydrogen-bond acceptors (Lipinski definition) is 3. The number of alkyl halides is 3. The smallest absolute Gasteiger partial charge is 0.350 e. The summed E-state index contributed by atoms with van der Waals surface area (Å²) in [4.78, 5) is 11.8. The largest absolute Gasteiger partial charge is 0.435 e. The van der Waals surface area contributed by atoms with Gasteiger partial charge in [-0.3, -0.25) is 14.2 Å². The monoisotopic (exact) mass is 315 g/mol. The van der Waals surface area contributed by atoms with Crippen LogP contribution in [0.5, 0.6) is 0 Å². The average molecular weight is 315 g/mol. The van der Waals surface area contributed by atoms with Crippen LogP contribution >= 0.6 is 0 Å². The van der Waals surface area contributed by atoms with Crippen LogP contribution in [0.3, 0.4) is 0 Å². The molecular weight excluding hydrogens is 299 g/mol. The molecule has 9 heteroatoms. The molecule has 1 N–H and O–H groups in total. The van der Waals surface area contributed by atoms with Crippen molar-refractivity contribution in [1.82, 2.24) is 24.9 Å². The second-order valence-electron chi connectivity index (χ2n) is 5.02. The number of nitrogens with zero attached hydrogens (tertiary/aromatic N) is 4. The van der Waals surface area contributed by atoms with Crippen LogP contribution in [0.25, 0.3) is 0 Å². The van der Waals surface area contributed by atoms with Crippen molar-refractivity contribution in [3.63, 3.8) is 0 Å².